The summed E-state index contributed by atoms with van der Waals surface area (Å²) in [6, 6.07) is 9.55. The molecule has 22 heavy (non-hydrogen) atoms. The molecule has 118 valence electrons. The molecule has 2 unspecified atom stereocenters. The van der Waals surface area contributed by atoms with E-state index in [1.165, 1.54) is 18.4 Å². The lowest BCUT2D eigenvalue weighted by Gasteiger charge is -2.13. The predicted octanol–water partition coefficient (Wildman–Crippen LogP) is 3.73. The molecular formula is C18H24N2O2. The summed E-state index contributed by atoms with van der Waals surface area (Å²) < 4.78 is 11.2. The van der Waals surface area contributed by atoms with Crippen molar-refractivity contribution in [3.8, 4) is 5.75 Å². The summed E-state index contributed by atoms with van der Waals surface area (Å²) in [5.41, 5.74) is 2.33. The van der Waals surface area contributed by atoms with Crippen molar-refractivity contribution in [2.75, 3.05) is 6.61 Å². The SMILES string of the molecule is Cc1nc(CCOc2ccc(C3CCC(C)N3)cc2)c(C)o1. The maximum Gasteiger partial charge on any atom is 0.191 e. The van der Waals surface area contributed by atoms with E-state index in [2.05, 4.69) is 41.5 Å². The lowest BCUT2D eigenvalue weighted by Crippen LogP contribution is -2.20. The minimum Gasteiger partial charge on any atom is -0.493 e. The van der Waals surface area contributed by atoms with Crippen LogP contribution >= 0.6 is 0 Å². The van der Waals surface area contributed by atoms with Crippen molar-refractivity contribution in [2.45, 2.75) is 52.1 Å². The van der Waals surface area contributed by atoms with Crippen LogP contribution in [-0.4, -0.2) is 17.6 Å². The fraction of sp³-hybridized carbons (Fsp3) is 0.500. The predicted molar refractivity (Wildman–Crippen MR) is 86.2 cm³/mol. The van der Waals surface area contributed by atoms with E-state index in [4.69, 9.17) is 9.15 Å². The van der Waals surface area contributed by atoms with Gasteiger partial charge in [-0.15, -0.1) is 0 Å². The first-order chi connectivity index (χ1) is 10.6. The van der Waals surface area contributed by atoms with E-state index in [1.807, 2.05) is 13.8 Å². The van der Waals surface area contributed by atoms with Gasteiger partial charge in [0.25, 0.3) is 0 Å². The van der Waals surface area contributed by atoms with Crippen molar-refractivity contribution in [2.24, 2.45) is 0 Å². The number of aryl methyl sites for hydroxylation is 2. The minimum atomic E-state index is 0.491. The van der Waals surface area contributed by atoms with Gasteiger partial charge in [0.1, 0.15) is 11.5 Å². The van der Waals surface area contributed by atoms with E-state index in [0.717, 1.165) is 29.5 Å². The molecule has 1 saturated heterocycles. The zero-order valence-electron chi connectivity index (χ0n) is 13.6. The zero-order valence-corrected chi connectivity index (χ0v) is 13.6. The summed E-state index contributed by atoms with van der Waals surface area (Å²) >= 11 is 0. The maximum absolute atomic E-state index is 5.81. The van der Waals surface area contributed by atoms with Gasteiger partial charge in [-0.05, 0) is 44.4 Å². The lowest BCUT2D eigenvalue weighted by atomic mass is 10.1. The molecule has 1 aliphatic heterocycles. The number of aromatic nitrogens is 1. The van der Waals surface area contributed by atoms with E-state index in [-0.39, 0.29) is 0 Å². The molecule has 4 nitrogen and oxygen atoms in total. The van der Waals surface area contributed by atoms with E-state index < -0.39 is 0 Å². The van der Waals surface area contributed by atoms with E-state index in [0.29, 0.717) is 18.7 Å². The summed E-state index contributed by atoms with van der Waals surface area (Å²) in [5, 5.41) is 3.60. The van der Waals surface area contributed by atoms with Crippen LogP contribution < -0.4 is 10.1 Å². The molecule has 1 aromatic carbocycles. The van der Waals surface area contributed by atoms with Crippen LogP contribution in [0.2, 0.25) is 0 Å². The monoisotopic (exact) mass is 300 g/mol. The Kier molecular flexibility index (Phi) is 4.48. The van der Waals surface area contributed by atoms with Gasteiger partial charge in [0.15, 0.2) is 5.89 Å². The van der Waals surface area contributed by atoms with Gasteiger partial charge in [0.05, 0.1) is 12.3 Å². The van der Waals surface area contributed by atoms with Crippen LogP contribution in [0.25, 0.3) is 0 Å². The second kappa shape index (κ2) is 6.53. The molecule has 0 amide bonds. The molecule has 1 N–H and O–H groups in total. The number of benzene rings is 1. The van der Waals surface area contributed by atoms with Gasteiger partial charge < -0.3 is 14.5 Å². The van der Waals surface area contributed by atoms with Crippen LogP contribution in [-0.2, 0) is 6.42 Å². The van der Waals surface area contributed by atoms with E-state index >= 15 is 0 Å². The average Bonchev–Trinajstić information content (AvgIpc) is 3.06. The van der Waals surface area contributed by atoms with Crippen LogP contribution in [0.3, 0.4) is 0 Å². The van der Waals surface area contributed by atoms with E-state index in [1.54, 1.807) is 0 Å². The summed E-state index contributed by atoms with van der Waals surface area (Å²) in [5.74, 6) is 2.51. The highest BCUT2D eigenvalue weighted by atomic mass is 16.5. The molecule has 0 bridgehead atoms. The van der Waals surface area contributed by atoms with Gasteiger partial charge >= 0.3 is 0 Å². The second-order valence-corrected chi connectivity index (χ2v) is 6.10. The first kappa shape index (κ1) is 15.1. The summed E-state index contributed by atoms with van der Waals surface area (Å²) in [6.45, 7) is 6.67. The van der Waals surface area contributed by atoms with Crippen molar-refractivity contribution in [1.82, 2.24) is 10.3 Å². The first-order valence-electron chi connectivity index (χ1n) is 8.03. The smallest absolute Gasteiger partial charge is 0.191 e. The number of hydrogen-bond donors (Lipinski definition) is 1. The number of nitrogens with zero attached hydrogens (tertiary/aromatic N) is 1. The number of ether oxygens (including phenoxy) is 1. The average molecular weight is 300 g/mol. The Morgan fingerprint density at radius 1 is 1.23 bits per heavy atom. The van der Waals surface area contributed by atoms with Crippen molar-refractivity contribution < 1.29 is 9.15 Å². The summed E-state index contributed by atoms with van der Waals surface area (Å²) in [7, 11) is 0. The molecule has 2 aromatic rings. The molecule has 2 heterocycles. The third kappa shape index (κ3) is 3.50. The van der Waals surface area contributed by atoms with Crippen molar-refractivity contribution in [3.05, 3.63) is 47.2 Å². The van der Waals surface area contributed by atoms with Crippen LogP contribution in [0.4, 0.5) is 0 Å². The van der Waals surface area contributed by atoms with Gasteiger partial charge in [0, 0.05) is 25.4 Å². The number of hydrogen-bond acceptors (Lipinski definition) is 4. The number of rotatable bonds is 5. The molecule has 2 atom stereocenters. The molecule has 3 rings (SSSR count). The van der Waals surface area contributed by atoms with Gasteiger partial charge in [-0.3, -0.25) is 0 Å². The Hall–Kier alpha value is -1.81. The van der Waals surface area contributed by atoms with E-state index in [9.17, 15) is 0 Å². The van der Waals surface area contributed by atoms with Crippen LogP contribution in [0.5, 0.6) is 5.75 Å². The molecule has 1 fully saturated rings. The Balaban J connectivity index is 1.52. The van der Waals surface area contributed by atoms with Gasteiger partial charge in [-0.25, -0.2) is 4.98 Å². The Morgan fingerprint density at radius 3 is 2.59 bits per heavy atom. The quantitative estimate of drug-likeness (QED) is 0.914. The largest absolute Gasteiger partial charge is 0.493 e. The van der Waals surface area contributed by atoms with Crippen molar-refractivity contribution >= 4 is 0 Å². The van der Waals surface area contributed by atoms with Crippen molar-refractivity contribution in [1.29, 1.82) is 0 Å². The molecule has 0 spiro atoms. The highest BCUT2D eigenvalue weighted by Gasteiger charge is 2.21. The van der Waals surface area contributed by atoms with Crippen LogP contribution in [0.1, 0.15) is 48.7 Å². The fourth-order valence-electron chi connectivity index (χ4n) is 3.06. The highest BCUT2D eigenvalue weighted by molar-refractivity contribution is 5.29. The molecule has 0 saturated carbocycles. The lowest BCUT2D eigenvalue weighted by molar-refractivity contribution is 0.319. The second-order valence-electron chi connectivity index (χ2n) is 6.10. The third-order valence-corrected chi connectivity index (χ3v) is 4.26. The summed E-state index contributed by atoms with van der Waals surface area (Å²) in [6.07, 6.45) is 3.23. The number of nitrogens with one attached hydrogen (secondary N) is 1. The Bertz CT molecular complexity index is 619. The minimum absolute atomic E-state index is 0.491. The molecule has 4 heteroatoms. The number of oxazole rings is 1. The van der Waals surface area contributed by atoms with Crippen molar-refractivity contribution in [3.63, 3.8) is 0 Å². The Morgan fingerprint density at radius 2 is 2.00 bits per heavy atom. The van der Waals surface area contributed by atoms with Gasteiger partial charge in [-0.2, -0.15) is 0 Å². The molecule has 1 aliphatic rings. The summed E-state index contributed by atoms with van der Waals surface area (Å²) in [4.78, 5) is 4.36. The maximum atomic E-state index is 5.81. The molecule has 0 radical (unpaired) electrons. The highest BCUT2D eigenvalue weighted by Crippen LogP contribution is 2.27. The third-order valence-electron chi connectivity index (χ3n) is 4.26. The standard InChI is InChI=1S/C18H24N2O2/c1-12-4-9-18(19-12)15-5-7-16(8-6-15)21-11-10-17-13(2)22-14(3)20-17/h5-8,12,18-19H,4,9-11H2,1-3H3. The zero-order chi connectivity index (χ0) is 15.5. The van der Waals surface area contributed by atoms with Gasteiger partial charge in [-0.1, -0.05) is 12.1 Å². The van der Waals surface area contributed by atoms with Gasteiger partial charge in [0.2, 0.25) is 0 Å². The molecule has 0 aliphatic carbocycles. The van der Waals surface area contributed by atoms with Crippen LogP contribution in [0.15, 0.2) is 28.7 Å². The Labute approximate surface area is 131 Å². The topological polar surface area (TPSA) is 47.3 Å². The molecular weight excluding hydrogens is 276 g/mol. The van der Waals surface area contributed by atoms with Crippen LogP contribution in [0, 0.1) is 13.8 Å². The first-order valence-corrected chi connectivity index (χ1v) is 8.03. The normalized spacial score (nSPS) is 21.2. The molecule has 1 aromatic heterocycles. The fourth-order valence-corrected chi connectivity index (χ4v) is 3.06.